The second kappa shape index (κ2) is 5.69. The summed E-state index contributed by atoms with van der Waals surface area (Å²) in [4.78, 5) is 8.73. The summed E-state index contributed by atoms with van der Waals surface area (Å²) in [6.45, 7) is 2.17. The lowest BCUT2D eigenvalue weighted by Gasteiger charge is -2.15. The zero-order chi connectivity index (χ0) is 12.3. The largest absolute Gasteiger partial charge is 0.380 e. The summed E-state index contributed by atoms with van der Waals surface area (Å²) >= 11 is 5.24. The normalized spacial score (nSPS) is 12.6. The zero-order valence-electron chi connectivity index (χ0n) is 9.77. The Labute approximate surface area is 114 Å². The Kier molecular flexibility index (Phi) is 4.23. The van der Waals surface area contributed by atoms with Gasteiger partial charge in [0.25, 0.3) is 0 Å². The van der Waals surface area contributed by atoms with Crippen LogP contribution in [0.5, 0.6) is 0 Å². The first kappa shape index (κ1) is 12.6. The molecule has 1 unspecified atom stereocenters. The van der Waals surface area contributed by atoms with Gasteiger partial charge in [-0.1, -0.05) is 0 Å². The van der Waals surface area contributed by atoms with Crippen LogP contribution in [0.15, 0.2) is 29.0 Å². The van der Waals surface area contributed by atoms with Crippen molar-refractivity contribution in [3.63, 3.8) is 0 Å². The lowest BCUT2D eigenvalue weighted by molar-refractivity contribution is 0.915. The van der Waals surface area contributed by atoms with Crippen molar-refractivity contribution in [1.29, 1.82) is 0 Å². The van der Waals surface area contributed by atoms with Crippen LogP contribution in [0, 0.1) is 0 Å². The van der Waals surface area contributed by atoms with Crippen LogP contribution in [0.3, 0.4) is 0 Å². The average molecular weight is 312 g/mol. The van der Waals surface area contributed by atoms with Crippen molar-refractivity contribution < 1.29 is 0 Å². The van der Waals surface area contributed by atoms with Crippen LogP contribution >= 0.6 is 27.7 Å². The third-order valence-electron chi connectivity index (χ3n) is 2.36. The number of anilines is 1. The Bertz CT molecular complexity index is 518. The highest BCUT2D eigenvalue weighted by molar-refractivity contribution is 9.10. The number of hydrogen-bond acceptors (Lipinski definition) is 4. The van der Waals surface area contributed by atoms with Crippen LogP contribution in [0.4, 0.5) is 5.69 Å². The first-order chi connectivity index (χ1) is 8.20. The summed E-state index contributed by atoms with van der Waals surface area (Å²) < 4.78 is 0.951. The van der Waals surface area contributed by atoms with Crippen LogP contribution in [0.25, 0.3) is 11.0 Å². The number of pyridine rings is 2. The van der Waals surface area contributed by atoms with E-state index >= 15 is 0 Å². The van der Waals surface area contributed by atoms with Crippen LogP contribution in [-0.4, -0.2) is 28.0 Å². The molecule has 0 aliphatic carbocycles. The molecular weight excluding hydrogens is 298 g/mol. The highest BCUT2D eigenvalue weighted by Crippen LogP contribution is 2.22. The standard InChI is InChI=1S/C12H14BrN3S/c1-8(7-17-2)16-10-3-4-14-11-5-9(13)6-15-12(10)11/h3-6,8H,7H2,1-2H3,(H,14,16). The molecule has 3 nitrogen and oxygen atoms in total. The van der Waals surface area contributed by atoms with E-state index < -0.39 is 0 Å². The molecule has 0 amide bonds. The first-order valence-electron chi connectivity index (χ1n) is 5.36. The highest BCUT2D eigenvalue weighted by atomic mass is 79.9. The molecule has 1 N–H and O–H groups in total. The van der Waals surface area contributed by atoms with E-state index in [0.29, 0.717) is 6.04 Å². The van der Waals surface area contributed by atoms with Gasteiger partial charge in [-0.3, -0.25) is 9.97 Å². The maximum atomic E-state index is 4.42. The molecule has 2 rings (SSSR count). The smallest absolute Gasteiger partial charge is 0.112 e. The van der Waals surface area contributed by atoms with Crippen LogP contribution in [-0.2, 0) is 0 Å². The topological polar surface area (TPSA) is 37.8 Å². The molecule has 2 aromatic heterocycles. The molecule has 90 valence electrons. The van der Waals surface area contributed by atoms with E-state index in [4.69, 9.17) is 0 Å². The molecule has 0 saturated heterocycles. The van der Waals surface area contributed by atoms with Gasteiger partial charge >= 0.3 is 0 Å². The minimum atomic E-state index is 0.418. The summed E-state index contributed by atoms with van der Waals surface area (Å²) in [6.07, 6.45) is 5.72. The molecule has 0 radical (unpaired) electrons. The molecule has 0 fully saturated rings. The second-order valence-corrected chi connectivity index (χ2v) is 5.71. The Morgan fingerprint density at radius 2 is 2.29 bits per heavy atom. The molecule has 2 heterocycles. The van der Waals surface area contributed by atoms with Crippen LogP contribution in [0.2, 0.25) is 0 Å². The molecule has 0 spiro atoms. The quantitative estimate of drug-likeness (QED) is 0.937. The number of nitrogens with zero attached hydrogens (tertiary/aromatic N) is 2. The van der Waals surface area contributed by atoms with Crippen molar-refractivity contribution in [3.8, 4) is 0 Å². The lowest BCUT2D eigenvalue weighted by Crippen LogP contribution is -2.18. The Hall–Kier alpha value is -0.810. The Balaban J connectivity index is 2.34. The van der Waals surface area contributed by atoms with Gasteiger partial charge in [-0.2, -0.15) is 11.8 Å². The zero-order valence-corrected chi connectivity index (χ0v) is 12.2. The molecule has 0 bridgehead atoms. The summed E-state index contributed by atoms with van der Waals surface area (Å²) in [6, 6.07) is 4.37. The van der Waals surface area contributed by atoms with Crippen molar-refractivity contribution in [3.05, 3.63) is 29.0 Å². The van der Waals surface area contributed by atoms with Crippen molar-refractivity contribution in [2.45, 2.75) is 13.0 Å². The summed E-state index contributed by atoms with van der Waals surface area (Å²) in [5.74, 6) is 1.07. The molecule has 0 aliphatic heterocycles. The third-order valence-corrected chi connectivity index (χ3v) is 3.63. The third kappa shape index (κ3) is 3.10. The number of nitrogens with one attached hydrogen (secondary N) is 1. The molecule has 2 aromatic rings. The van der Waals surface area contributed by atoms with Gasteiger partial charge in [0.15, 0.2) is 0 Å². The van der Waals surface area contributed by atoms with Crippen LogP contribution < -0.4 is 5.32 Å². The lowest BCUT2D eigenvalue weighted by atomic mass is 10.2. The van der Waals surface area contributed by atoms with Gasteiger partial charge in [-0.05, 0) is 41.2 Å². The van der Waals surface area contributed by atoms with E-state index in [2.05, 4.69) is 44.4 Å². The van der Waals surface area contributed by atoms with Gasteiger partial charge < -0.3 is 5.32 Å². The van der Waals surface area contributed by atoms with Gasteiger partial charge in [0.2, 0.25) is 0 Å². The summed E-state index contributed by atoms with van der Waals surface area (Å²) in [5.41, 5.74) is 2.87. The molecular formula is C12H14BrN3S. The van der Waals surface area contributed by atoms with E-state index in [1.807, 2.05) is 30.1 Å². The molecule has 0 aromatic carbocycles. The Morgan fingerprint density at radius 3 is 3.06 bits per heavy atom. The predicted octanol–water partition coefficient (Wildman–Crippen LogP) is 3.56. The number of thioether (sulfide) groups is 1. The van der Waals surface area contributed by atoms with Crippen molar-refractivity contribution in [1.82, 2.24) is 9.97 Å². The maximum absolute atomic E-state index is 4.42. The molecule has 0 aliphatic rings. The van der Waals surface area contributed by atoms with Gasteiger partial charge in [0.05, 0.1) is 11.2 Å². The van der Waals surface area contributed by atoms with Gasteiger partial charge in [0.1, 0.15) is 5.52 Å². The van der Waals surface area contributed by atoms with Crippen LogP contribution in [0.1, 0.15) is 6.92 Å². The summed E-state index contributed by atoms with van der Waals surface area (Å²) in [7, 11) is 0. The van der Waals surface area contributed by atoms with E-state index in [9.17, 15) is 0 Å². The highest BCUT2D eigenvalue weighted by Gasteiger charge is 2.06. The SMILES string of the molecule is CSCC(C)Nc1ccnc2cc(Br)cnc12. The van der Waals surface area contributed by atoms with E-state index in [0.717, 1.165) is 26.9 Å². The van der Waals surface area contributed by atoms with E-state index in [-0.39, 0.29) is 0 Å². The predicted molar refractivity (Wildman–Crippen MR) is 78.7 cm³/mol. The van der Waals surface area contributed by atoms with Crippen molar-refractivity contribution in [2.24, 2.45) is 0 Å². The van der Waals surface area contributed by atoms with Crippen molar-refractivity contribution in [2.75, 3.05) is 17.3 Å². The van der Waals surface area contributed by atoms with Crippen molar-refractivity contribution >= 4 is 44.4 Å². The van der Waals surface area contributed by atoms with Gasteiger partial charge in [-0.25, -0.2) is 0 Å². The fraction of sp³-hybridized carbons (Fsp3) is 0.333. The number of aromatic nitrogens is 2. The average Bonchev–Trinajstić information content (AvgIpc) is 2.29. The minimum absolute atomic E-state index is 0.418. The van der Waals surface area contributed by atoms with E-state index in [1.165, 1.54) is 0 Å². The number of fused-ring (bicyclic) bond motifs is 1. The molecule has 17 heavy (non-hydrogen) atoms. The minimum Gasteiger partial charge on any atom is -0.380 e. The molecule has 0 saturated carbocycles. The fourth-order valence-electron chi connectivity index (χ4n) is 1.68. The maximum Gasteiger partial charge on any atom is 0.112 e. The monoisotopic (exact) mass is 311 g/mol. The Morgan fingerprint density at radius 1 is 1.47 bits per heavy atom. The van der Waals surface area contributed by atoms with Gasteiger partial charge in [0, 0.05) is 28.7 Å². The number of halogens is 1. The second-order valence-electron chi connectivity index (χ2n) is 3.88. The molecule has 5 heteroatoms. The first-order valence-corrected chi connectivity index (χ1v) is 7.55. The number of rotatable bonds is 4. The van der Waals surface area contributed by atoms with E-state index in [1.54, 1.807) is 6.20 Å². The molecule has 1 atom stereocenters. The summed E-state index contributed by atoms with van der Waals surface area (Å²) in [5, 5.41) is 3.47. The fourth-order valence-corrected chi connectivity index (χ4v) is 2.58. The number of hydrogen-bond donors (Lipinski definition) is 1. The van der Waals surface area contributed by atoms with Gasteiger partial charge in [-0.15, -0.1) is 0 Å².